The van der Waals surface area contributed by atoms with E-state index in [1.54, 1.807) is 6.20 Å². The maximum Gasteiger partial charge on any atom is 0.226 e. The Bertz CT molecular complexity index is 358. The van der Waals surface area contributed by atoms with Crippen LogP contribution in [0.1, 0.15) is 24.1 Å². The molecule has 1 fully saturated rings. The molecule has 1 saturated heterocycles. The van der Waals surface area contributed by atoms with Gasteiger partial charge >= 0.3 is 0 Å². The van der Waals surface area contributed by atoms with Crippen LogP contribution in [0, 0.1) is 12.8 Å². The standard InChI is InChI=1S/C11H17N3OS/c1-8-6-13-11(16-8)14-10(15)5-9-3-2-4-12-7-9/h6,9,12H,2-5,7H2,1H3,(H,13,14,15). The van der Waals surface area contributed by atoms with Crippen molar-refractivity contribution in [1.82, 2.24) is 10.3 Å². The molecule has 2 rings (SSSR count). The number of anilines is 1. The molecular formula is C11H17N3OS. The molecule has 0 bridgehead atoms. The molecule has 1 aliphatic heterocycles. The summed E-state index contributed by atoms with van der Waals surface area (Å²) < 4.78 is 0. The van der Waals surface area contributed by atoms with E-state index >= 15 is 0 Å². The minimum Gasteiger partial charge on any atom is -0.316 e. The second kappa shape index (κ2) is 5.41. The number of piperidine rings is 1. The largest absolute Gasteiger partial charge is 0.316 e. The molecular weight excluding hydrogens is 222 g/mol. The SMILES string of the molecule is Cc1cnc(NC(=O)CC2CCCNC2)s1. The number of amides is 1. The molecule has 0 spiro atoms. The Balaban J connectivity index is 1.79. The molecule has 0 aliphatic carbocycles. The zero-order valence-corrected chi connectivity index (χ0v) is 10.3. The maximum absolute atomic E-state index is 11.7. The normalized spacial score (nSPS) is 20.7. The Morgan fingerprint density at radius 1 is 1.75 bits per heavy atom. The van der Waals surface area contributed by atoms with Crippen LogP contribution in [0.5, 0.6) is 0 Å². The summed E-state index contributed by atoms with van der Waals surface area (Å²) in [6, 6.07) is 0. The number of carbonyl (C=O) groups excluding carboxylic acids is 1. The molecule has 0 radical (unpaired) electrons. The van der Waals surface area contributed by atoms with Crippen molar-refractivity contribution in [3.05, 3.63) is 11.1 Å². The summed E-state index contributed by atoms with van der Waals surface area (Å²) in [7, 11) is 0. The molecule has 1 aromatic rings. The molecule has 1 aromatic heterocycles. The van der Waals surface area contributed by atoms with E-state index in [2.05, 4.69) is 15.6 Å². The van der Waals surface area contributed by atoms with Gasteiger partial charge < -0.3 is 10.6 Å². The molecule has 2 N–H and O–H groups in total. The van der Waals surface area contributed by atoms with Crippen LogP contribution >= 0.6 is 11.3 Å². The van der Waals surface area contributed by atoms with E-state index in [1.807, 2.05) is 6.92 Å². The number of thiazole rings is 1. The van der Waals surface area contributed by atoms with E-state index < -0.39 is 0 Å². The van der Waals surface area contributed by atoms with Crippen molar-refractivity contribution < 1.29 is 4.79 Å². The van der Waals surface area contributed by atoms with Gasteiger partial charge in [0.25, 0.3) is 0 Å². The zero-order valence-electron chi connectivity index (χ0n) is 9.45. The molecule has 1 atom stereocenters. The van der Waals surface area contributed by atoms with E-state index in [4.69, 9.17) is 0 Å². The van der Waals surface area contributed by atoms with Gasteiger partial charge in [0.2, 0.25) is 5.91 Å². The second-order valence-corrected chi connectivity index (χ2v) is 5.48. The van der Waals surface area contributed by atoms with Gasteiger partial charge in [-0.25, -0.2) is 4.98 Å². The van der Waals surface area contributed by atoms with Crippen molar-refractivity contribution in [2.24, 2.45) is 5.92 Å². The molecule has 1 unspecified atom stereocenters. The Morgan fingerprint density at radius 2 is 2.62 bits per heavy atom. The smallest absolute Gasteiger partial charge is 0.226 e. The highest BCUT2D eigenvalue weighted by Gasteiger charge is 2.17. The fourth-order valence-corrected chi connectivity index (χ4v) is 2.62. The van der Waals surface area contributed by atoms with Gasteiger partial charge in [0.15, 0.2) is 5.13 Å². The summed E-state index contributed by atoms with van der Waals surface area (Å²) >= 11 is 1.52. The van der Waals surface area contributed by atoms with E-state index in [0.29, 0.717) is 17.5 Å². The molecule has 88 valence electrons. The average molecular weight is 239 g/mol. The molecule has 5 heteroatoms. The number of carbonyl (C=O) groups is 1. The Morgan fingerprint density at radius 3 is 3.25 bits per heavy atom. The van der Waals surface area contributed by atoms with Gasteiger partial charge in [-0.15, -0.1) is 11.3 Å². The number of aromatic nitrogens is 1. The lowest BCUT2D eigenvalue weighted by molar-refractivity contribution is -0.117. The van der Waals surface area contributed by atoms with Gasteiger partial charge in [0.1, 0.15) is 0 Å². The van der Waals surface area contributed by atoms with Crippen molar-refractivity contribution in [2.45, 2.75) is 26.2 Å². The highest BCUT2D eigenvalue weighted by atomic mass is 32.1. The van der Waals surface area contributed by atoms with Crippen molar-refractivity contribution >= 4 is 22.4 Å². The van der Waals surface area contributed by atoms with Crippen molar-refractivity contribution in [3.63, 3.8) is 0 Å². The first-order valence-corrected chi connectivity index (χ1v) is 6.48. The lowest BCUT2D eigenvalue weighted by atomic mass is 9.96. The van der Waals surface area contributed by atoms with Gasteiger partial charge in [0.05, 0.1) is 0 Å². The summed E-state index contributed by atoms with van der Waals surface area (Å²) in [6.45, 7) is 4.03. The second-order valence-electron chi connectivity index (χ2n) is 4.24. The zero-order chi connectivity index (χ0) is 11.4. The molecule has 0 saturated carbocycles. The lowest BCUT2D eigenvalue weighted by Crippen LogP contribution is -2.32. The van der Waals surface area contributed by atoms with Gasteiger partial charge in [0, 0.05) is 17.5 Å². The number of nitrogens with one attached hydrogen (secondary N) is 2. The molecule has 16 heavy (non-hydrogen) atoms. The maximum atomic E-state index is 11.7. The van der Waals surface area contributed by atoms with Crippen LogP contribution in [0.25, 0.3) is 0 Å². The topological polar surface area (TPSA) is 54.0 Å². The summed E-state index contributed by atoms with van der Waals surface area (Å²) in [5, 5.41) is 6.88. The number of hydrogen-bond donors (Lipinski definition) is 2. The van der Waals surface area contributed by atoms with Gasteiger partial charge in [-0.1, -0.05) is 0 Å². The van der Waals surface area contributed by atoms with E-state index in [0.717, 1.165) is 24.4 Å². The van der Waals surface area contributed by atoms with Crippen LogP contribution in [0.3, 0.4) is 0 Å². The predicted octanol–water partition coefficient (Wildman–Crippen LogP) is 1.78. The Kier molecular flexibility index (Phi) is 3.90. The number of rotatable bonds is 3. The van der Waals surface area contributed by atoms with Crippen LogP contribution in [0.2, 0.25) is 0 Å². The third-order valence-electron chi connectivity index (χ3n) is 2.74. The van der Waals surface area contributed by atoms with E-state index in [-0.39, 0.29) is 5.91 Å². The monoisotopic (exact) mass is 239 g/mol. The molecule has 0 aromatic carbocycles. The summed E-state index contributed by atoms with van der Waals surface area (Å²) in [4.78, 5) is 17.0. The fraction of sp³-hybridized carbons (Fsp3) is 0.636. The highest BCUT2D eigenvalue weighted by Crippen LogP contribution is 2.19. The minimum atomic E-state index is 0.0862. The van der Waals surface area contributed by atoms with Crippen LogP contribution < -0.4 is 10.6 Å². The van der Waals surface area contributed by atoms with Crippen LogP contribution in [-0.4, -0.2) is 24.0 Å². The highest BCUT2D eigenvalue weighted by molar-refractivity contribution is 7.15. The number of hydrogen-bond acceptors (Lipinski definition) is 4. The van der Waals surface area contributed by atoms with Gasteiger partial charge in [-0.2, -0.15) is 0 Å². The third-order valence-corrected chi connectivity index (χ3v) is 3.57. The fourth-order valence-electron chi connectivity index (χ4n) is 1.94. The Hall–Kier alpha value is -0.940. The van der Waals surface area contributed by atoms with Crippen LogP contribution in [0.4, 0.5) is 5.13 Å². The summed E-state index contributed by atoms with van der Waals surface area (Å²) in [5.74, 6) is 0.567. The first-order chi connectivity index (χ1) is 7.74. The molecule has 4 nitrogen and oxygen atoms in total. The number of nitrogens with zero attached hydrogens (tertiary/aromatic N) is 1. The van der Waals surface area contributed by atoms with E-state index in [1.165, 1.54) is 17.8 Å². The van der Waals surface area contributed by atoms with Crippen LogP contribution in [0.15, 0.2) is 6.20 Å². The van der Waals surface area contributed by atoms with Crippen molar-refractivity contribution in [3.8, 4) is 0 Å². The minimum absolute atomic E-state index is 0.0862. The van der Waals surface area contributed by atoms with Crippen LogP contribution in [-0.2, 0) is 4.79 Å². The van der Waals surface area contributed by atoms with E-state index in [9.17, 15) is 4.79 Å². The number of aryl methyl sites for hydroxylation is 1. The predicted molar refractivity (Wildman–Crippen MR) is 65.7 cm³/mol. The first-order valence-electron chi connectivity index (χ1n) is 5.67. The van der Waals surface area contributed by atoms with Crippen molar-refractivity contribution in [2.75, 3.05) is 18.4 Å². The van der Waals surface area contributed by atoms with Gasteiger partial charge in [-0.3, -0.25) is 4.79 Å². The molecule has 1 aliphatic rings. The van der Waals surface area contributed by atoms with Gasteiger partial charge in [-0.05, 0) is 38.8 Å². The molecule has 2 heterocycles. The quantitative estimate of drug-likeness (QED) is 0.845. The first kappa shape index (κ1) is 11.5. The molecule has 1 amide bonds. The Labute approximate surface area is 99.5 Å². The van der Waals surface area contributed by atoms with Crippen molar-refractivity contribution in [1.29, 1.82) is 0 Å². The average Bonchev–Trinajstić information content (AvgIpc) is 2.65. The lowest BCUT2D eigenvalue weighted by Gasteiger charge is -2.21. The summed E-state index contributed by atoms with van der Waals surface area (Å²) in [5.41, 5.74) is 0. The third kappa shape index (κ3) is 3.28. The summed E-state index contributed by atoms with van der Waals surface area (Å²) in [6.07, 6.45) is 4.71.